The highest BCUT2D eigenvalue weighted by Gasteiger charge is 2.33. The van der Waals surface area contributed by atoms with Crippen LogP contribution in [0.3, 0.4) is 0 Å². The van der Waals surface area contributed by atoms with Gasteiger partial charge < -0.3 is 5.11 Å². The predicted molar refractivity (Wildman–Crippen MR) is 67.2 cm³/mol. The molecule has 1 atom stereocenters. The molecule has 1 heterocycles. The molecule has 0 radical (unpaired) electrons. The molecule has 102 valence electrons. The average Bonchev–Trinajstić information content (AvgIpc) is 2.78. The molecule has 0 aliphatic rings. The van der Waals surface area contributed by atoms with Crippen LogP contribution < -0.4 is 0 Å². The van der Waals surface area contributed by atoms with Crippen LogP contribution in [-0.2, 0) is 11.3 Å². The van der Waals surface area contributed by atoms with Crippen molar-refractivity contribution in [2.75, 3.05) is 0 Å². The highest BCUT2D eigenvalue weighted by molar-refractivity contribution is 5.73. The molecule has 1 aromatic heterocycles. The molecule has 0 aromatic carbocycles. The van der Waals surface area contributed by atoms with Gasteiger partial charge in [0, 0.05) is 5.92 Å². The van der Waals surface area contributed by atoms with E-state index in [9.17, 15) is 9.90 Å². The van der Waals surface area contributed by atoms with Crippen molar-refractivity contribution >= 4 is 5.97 Å². The Morgan fingerprint density at radius 1 is 1.39 bits per heavy atom. The summed E-state index contributed by atoms with van der Waals surface area (Å²) in [5.74, 6) is 0.270. The maximum Gasteiger partial charge on any atom is 0.311 e. The molecule has 1 N–H and O–H groups in total. The van der Waals surface area contributed by atoms with Gasteiger partial charge in [-0.2, -0.15) is 0 Å². The zero-order valence-electron chi connectivity index (χ0n) is 11.6. The third-order valence-electron chi connectivity index (χ3n) is 3.71. The largest absolute Gasteiger partial charge is 0.481 e. The molecule has 18 heavy (non-hydrogen) atoms. The number of hydrogen-bond acceptors (Lipinski definition) is 4. The van der Waals surface area contributed by atoms with E-state index >= 15 is 0 Å². The number of tetrazole rings is 1. The molecule has 0 fully saturated rings. The summed E-state index contributed by atoms with van der Waals surface area (Å²) in [5, 5.41) is 21.0. The molecule has 1 aromatic rings. The zero-order chi connectivity index (χ0) is 13.8. The van der Waals surface area contributed by atoms with E-state index in [-0.39, 0.29) is 5.92 Å². The van der Waals surface area contributed by atoms with Gasteiger partial charge in [-0.15, -0.1) is 5.10 Å². The van der Waals surface area contributed by atoms with Crippen LogP contribution in [0.1, 0.15) is 58.7 Å². The topological polar surface area (TPSA) is 80.9 Å². The van der Waals surface area contributed by atoms with E-state index in [2.05, 4.69) is 29.4 Å². The Morgan fingerprint density at radius 2 is 2.00 bits per heavy atom. The van der Waals surface area contributed by atoms with Crippen molar-refractivity contribution in [2.24, 2.45) is 5.41 Å². The molecule has 6 heteroatoms. The SMILES string of the molecule is CCC(CC)c1nnnn1CC(C)(CC)C(=O)O. The Labute approximate surface area is 107 Å². The van der Waals surface area contributed by atoms with Gasteiger partial charge in [-0.3, -0.25) is 4.79 Å². The summed E-state index contributed by atoms with van der Waals surface area (Å²) >= 11 is 0. The number of carboxylic acids is 1. The molecule has 0 aliphatic carbocycles. The van der Waals surface area contributed by atoms with Crippen LogP contribution in [0, 0.1) is 5.41 Å². The number of carboxylic acid groups (broad SMARTS) is 1. The van der Waals surface area contributed by atoms with Crippen LogP contribution in [-0.4, -0.2) is 31.3 Å². The maximum absolute atomic E-state index is 11.3. The van der Waals surface area contributed by atoms with Gasteiger partial charge in [0.25, 0.3) is 0 Å². The van der Waals surface area contributed by atoms with E-state index in [1.54, 1.807) is 11.6 Å². The fourth-order valence-electron chi connectivity index (χ4n) is 1.93. The Hall–Kier alpha value is -1.46. The normalized spacial score (nSPS) is 14.7. The van der Waals surface area contributed by atoms with Crippen molar-refractivity contribution in [1.29, 1.82) is 0 Å². The van der Waals surface area contributed by atoms with Crippen molar-refractivity contribution in [1.82, 2.24) is 20.2 Å². The van der Waals surface area contributed by atoms with Gasteiger partial charge in [0.2, 0.25) is 0 Å². The monoisotopic (exact) mass is 254 g/mol. The summed E-state index contributed by atoms with van der Waals surface area (Å²) in [4.78, 5) is 11.3. The quantitative estimate of drug-likeness (QED) is 0.805. The summed E-state index contributed by atoms with van der Waals surface area (Å²) < 4.78 is 1.65. The fourth-order valence-corrected chi connectivity index (χ4v) is 1.93. The van der Waals surface area contributed by atoms with Crippen molar-refractivity contribution in [3.63, 3.8) is 0 Å². The van der Waals surface area contributed by atoms with Gasteiger partial charge in [-0.25, -0.2) is 4.68 Å². The van der Waals surface area contributed by atoms with Gasteiger partial charge in [0.15, 0.2) is 5.82 Å². The molecule has 0 aliphatic heterocycles. The first kappa shape index (κ1) is 14.6. The van der Waals surface area contributed by atoms with Gasteiger partial charge >= 0.3 is 5.97 Å². The van der Waals surface area contributed by atoms with Crippen LogP contribution >= 0.6 is 0 Å². The van der Waals surface area contributed by atoms with Crippen LogP contribution in [0.2, 0.25) is 0 Å². The molecule has 1 rings (SSSR count). The summed E-state index contributed by atoms with van der Waals surface area (Å²) in [6, 6.07) is 0. The summed E-state index contributed by atoms with van der Waals surface area (Å²) in [5.41, 5.74) is -0.823. The Balaban J connectivity index is 2.98. The smallest absolute Gasteiger partial charge is 0.311 e. The lowest BCUT2D eigenvalue weighted by molar-refractivity contribution is -0.149. The van der Waals surface area contributed by atoms with E-state index in [0.29, 0.717) is 13.0 Å². The van der Waals surface area contributed by atoms with Crippen LogP contribution in [0.25, 0.3) is 0 Å². The Kier molecular flexibility index (Phi) is 4.81. The molecule has 0 saturated carbocycles. The van der Waals surface area contributed by atoms with Crippen LogP contribution in [0.5, 0.6) is 0 Å². The standard InChI is InChI=1S/C12H22N4O2/c1-5-9(6-2)10-13-14-15-16(10)8-12(4,7-3)11(17)18/h9H,5-8H2,1-4H3,(H,17,18). The van der Waals surface area contributed by atoms with Crippen molar-refractivity contribution in [2.45, 2.75) is 59.4 Å². The van der Waals surface area contributed by atoms with Crippen molar-refractivity contribution in [3.05, 3.63) is 5.82 Å². The Bertz CT molecular complexity index is 401. The number of carbonyl (C=O) groups is 1. The van der Waals surface area contributed by atoms with E-state index in [1.165, 1.54) is 0 Å². The molecule has 0 spiro atoms. The number of aromatic nitrogens is 4. The Morgan fingerprint density at radius 3 is 2.44 bits per heavy atom. The average molecular weight is 254 g/mol. The zero-order valence-corrected chi connectivity index (χ0v) is 11.6. The number of nitrogens with zero attached hydrogens (tertiary/aromatic N) is 4. The van der Waals surface area contributed by atoms with Gasteiger partial charge in [0.1, 0.15) is 0 Å². The lowest BCUT2D eigenvalue weighted by Crippen LogP contribution is -2.33. The van der Waals surface area contributed by atoms with Crippen LogP contribution in [0.4, 0.5) is 0 Å². The molecule has 0 bridgehead atoms. The third kappa shape index (κ3) is 2.86. The van der Waals surface area contributed by atoms with Crippen molar-refractivity contribution < 1.29 is 9.90 Å². The fraction of sp³-hybridized carbons (Fsp3) is 0.833. The predicted octanol–water partition coefficient (Wildman–Crippen LogP) is 2.08. The highest BCUT2D eigenvalue weighted by atomic mass is 16.4. The van der Waals surface area contributed by atoms with Crippen LogP contribution in [0.15, 0.2) is 0 Å². The first-order chi connectivity index (χ1) is 8.48. The van der Waals surface area contributed by atoms with Gasteiger partial charge in [-0.05, 0) is 36.6 Å². The molecule has 0 saturated heterocycles. The van der Waals surface area contributed by atoms with E-state index in [1.807, 2.05) is 6.92 Å². The first-order valence-corrected chi connectivity index (χ1v) is 6.47. The van der Waals surface area contributed by atoms with Crippen molar-refractivity contribution in [3.8, 4) is 0 Å². The molecule has 1 unspecified atom stereocenters. The summed E-state index contributed by atoms with van der Waals surface area (Å²) in [7, 11) is 0. The summed E-state index contributed by atoms with van der Waals surface area (Å²) in [6.07, 6.45) is 2.45. The molecule has 0 amide bonds. The number of aliphatic carboxylic acids is 1. The maximum atomic E-state index is 11.3. The molecule has 6 nitrogen and oxygen atoms in total. The van der Waals surface area contributed by atoms with Gasteiger partial charge in [0.05, 0.1) is 12.0 Å². The van der Waals surface area contributed by atoms with E-state index < -0.39 is 11.4 Å². The van der Waals surface area contributed by atoms with E-state index in [0.717, 1.165) is 18.7 Å². The third-order valence-corrected chi connectivity index (χ3v) is 3.71. The minimum atomic E-state index is -0.823. The number of rotatable bonds is 7. The lowest BCUT2D eigenvalue weighted by Gasteiger charge is -2.24. The second-order valence-corrected chi connectivity index (χ2v) is 4.93. The highest BCUT2D eigenvalue weighted by Crippen LogP contribution is 2.26. The first-order valence-electron chi connectivity index (χ1n) is 6.47. The lowest BCUT2D eigenvalue weighted by atomic mass is 9.87. The molecular formula is C12H22N4O2. The van der Waals surface area contributed by atoms with Gasteiger partial charge in [-0.1, -0.05) is 20.8 Å². The second kappa shape index (κ2) is 5.93. The number of hydrogen-bond donors (Lipinski definition) is 1. The minimum Gasteiger partial charge on any atom is -0.481 e. The summed E-state index contributed by atoms with van der Waals surface area (Å²) in [6.45, 7) is 8.09. The molecular weight excluding hydrogens is 232 g/mol. The second-order valence-electron chi connectivity index (χ2n) is 4.93. The minimum absolute atomic E-state index is 0.287. The van der Waals surface area contributed by atoms with E-state index in [4.69, 9.17) is 0 Å².